The Kier molecular flexibility index (Phi) is 4.25. The smallest absolute Gasteiger partial charge is 0.00581 e. The van der Waals surface area contributed by atoms with Crippen LogP contribution >= 0.6 is 20.1 Å². The fraction of sp³-hybridized carbons (Fsp3) is 0.625. The van der Waals surface area contributed by atoms with Crippen LogP contribution < -0.4 is 0 Å². The van der Waals surface area contributed by atoms with Crippen molar-refractivity contribution in [3.63, 3.8) is 0 Å². The summed E-state index contributed by atoms with van der Waals surface area (Å²) in [6, 6.07) is 6.96. The number of hydrogen-bond acceptors (Lipinski definition) is 0. The van der Waals surface area contributed by atoms with Gasteiger partial charge in [0, 0.05) is 0 Å². The molecule has 106 valence electrons. The highest BCUT2D eigenvalue weighted by atomic mass is 32.3. The molecule has 0 bridgehead atoms. The largest absolute Gasteiger partial charge is 0.223 e. The van der Waals surface area contributed by atoms with Crippen LogP contribution in [0.1, 0.15) is 26.3 Å². The molecule has 0 nitrogen and oxygen atoms in total. The topological polar surface area (TPSA) is 0 Å². The minimum Gasteiger partial charge on any atom is -0.223 e. The van der Waals surface area contributed by atoms with Gasteiger partial charge < -0.3 is 0 Å². The lowest BCUT2D eigenvalue weighted by atomic mass is 9.87. The van der Waals surface area contributed by atoms with Crippen molar-refractivity contribution in [3.05, 3.63) is 23.8 Å². The molecule has 0 amide bonds. The highest BCUT2D eigenvalue weighted by molar-refractivity contribution is 8.32. The van der Waals surface area contributed by atoms with Crippen molar-refractivity contribution in [3.8, 4) is 0 Å². The van der Waals surface area contributed by atoms with E-state index in [1.165, 1.54) is 0 Å². The van der Waals surface area contributed by atoms with Gasteiger partial charge in [0.05, 0.1) is 0 Å². The van der Waals surface area contributed by atoms with Crippen LogP contribution in [0.3, 0.4) is 0 Å². The summed E-state index contributed by atoms with van der Waals surface area (Å²) in [6.07, 6.45) is 14.4. The first kappa shape index (κ1) is 16.0. The molecule has 0 saturated heterocycles. The van der Waals surface area contributed by atoms with Crippen LogP contribution in [0.15, 0.2) is 28.0 Å². The molecule has 0 unspecified atom stereocenters. The molecule has 0 spiro atoms. The molecule has 0 aliphatic heterocycles. The van der Waals surface area contributed by atoms with Crippen molar-refractivity contribution in [2.45, 2.75) is 36.0 Å². The maximum atomic E-state index is 2.40. The molecular weight excluding hydrogens is 256 g/mol. The van der Waals surface area contributed by atoms with Crippen LogP contribution in [0, 0.1) is 0 Å². The first-order chi connectivity index (χ1) is 7.85. The van der Waals surface area contributed by atoms with E-state index >= 15 is 0 Å². The summed E-state index contributed by atoms with van der Waals surface area (Å²) < 4.78 is 0. The van der Waals surface area contributed by atoms with Crippen LogP contribution in [-0.4, -0.2) is 37.5 Å². The molecule has 0 radical (unpaired) electrons. The van der Waals surface area contributed by atoms with Crippen molar-refractivity contribution in [2.24, 2.45) is 0 Å². The monoisotopic (exact) mass is 286 g/mol. The lowest BCUT2D eigenvalue weighted by Crippen LogP contribution is -2.18. The molecule has 18 heavy (non-hydrogen) atoms. The SMILES string of the molecule is CC(C)(C)c1c(S(C)(C)C)cccc1S(C)(C)C. The maximum absolute atomic E-state index is 2.40. The van der Waals surface area contributed by atoms with Crippen LogP contribution in [-0.2, 0) is 5.41 Å². The fourth-order valence-electron chi connectivity index (χ4n) is 2.27. The van der Waals surface area contributed by atoms with Gasteiger partial charge in [-0.2, -0.15) is 0 Å². The van der Waals surface area contributed by atoms with E-state index in [0.29, 0.717) is 0 Å². The normalized spacial score (nSPS) is 15.6. The lowest BCUT2D eigenvalue weighted by Gasteiger charge is -2.39. The summed E-state index contributed by atoms with van der Waals surface area (Å²) >= 11 is 0. The zero-order chi connectivity index (χ0) is 14.4. The summed E-state index contributed by atoms with van der Waals surface area (Å²) in [5.41, 5.74) is 1.84. The van der Waals surface area contributed by atoms with E-state index in [1.807, 2.05) is 0 Å². The molecule has 0 aliphatic carbocycles. The van der Waals surface area contributed by atoms with Gasteiger partial charge in [-0.1, -0.05) is 26.8 Å². The Morgan fingerprint density at radius 1 is 0.722 bits per heavy atom. The van der Waals surface area contributed by atoms with Crippen molar-refractivity contribution in [2.75, 3.05) is 37.5 Å². The second-order valence-electron chi connectivity index (χ2n) is 7.55. The molecule has 1 aromatic rings. The Labute approximate surface area is 117 Å². The zero-order valence-corrected chi connectivity index (χ0v) is 15.2. The van der Waals surface area contributed by atoms with Gasteiger partial charge in [-0.25, -0.2) is 20.1 Å². The van der Waals surface area contributed by atoms with Gasteiger partial charge in [0.15, 0.2) is 0 Å². The van der Waals surface area contributed by atoms with E-state index in [1.54, 1.807) is 15.4 Å². The van der Waals surface area contributed by atoms with E-state index in [9.17, 15) is 0 Å². The van der Waals surface area contributed by atoms with Gasteiger partial charge in [-0.15, -0.1) is 0 Å². The highest BCUT2D eigenvalue weighted by Crippen LogP contribution is 2.57. The molecular formula is C16H30S2. The Bertz CT molecular complexity index is 394. The molecule has 1 rings (SSSR count). The van der Waals surface area contributed by atoms with Gasteiger partial charge in [-0.3, -0.25) is 0 Å². The average molecular weight is 287 g/mol. The Morgan fingerprint density at radius 2 is 1.06 bits per heavy atom. The first-order valence-electron chi connectivity index (χ1n) is 6.35. The number of benzene rings is 1. The summed E-state index contributed by atoms with van der Waals surface area (Å²) in [7, 11) is -1.37. The van der Waals surface area contributed by atoms with Crippen molar-refractivity contribution < 1.29 is 0 Å². The molecule has 0 saturated carbocycles. The standard InChI is InChI=1S/C16H30S2/c1-16(2,3)15-13(17(4,5)6)11-10-12-14(15)18(7,8)9/h10-12H,1-9H3. The lowest BCUT2D eigenvalue weighted by molar-refractivity contribution is 0.564. The fourth-order valence-corrected chi connectivity index (χ4v) is 5.37. The molecule has 0 aliphatic rings. The van der Waals surface area contributed by atoms with Crippen LogP contribution in [0.25, 0.3) is 0 Å². The van der Waals surface area contributed by atoms with E-state index in [4.69, 9.17) is 0 Å². The molecule has 0 atom stereocenters. The minimum atomic E-state index is -0.686. The predicted octanol–water partition coefficient (Wildman–Crippen LogP) is 5.09. The Balaban J connectivity index is 3.68. The second-order valence-corrected chi connectivity index (χ2v) is 15.8. The third-order valence-corrected chi connectivity index (χ3v) is 6.38. The second kappa shape index (κ2) is 4.79. The number of hydrogen-bond donors (Lipinski definition) is 0. The molecule has 0 aromatic heterocycles. The average Bonchev–Trinajstić information content (AvgIpc) is 2.12. The molecule has 0 fully saturated rings. The molecule has 2 heteroatoms. The van der Waals surface area contributed by atoms with Crippen LogP contribution in [0.2, 0.25) is 0 Å². The van der Waals surface area contributed by atoms with E-state index in [-0.39, 0.29) is 5.41 Å². The maximum Gasteiger partial charge on any atom is -0.00581 e. The van der Waals surface area contributed by atoms with Gasteiger partial charge in [0.1, 0.15) is 0 Å². The molecule has 0 heterocycles. The summed E-state index contributed by atoms with van der Waals surface area (Å²) in [5.74, 6) is 0. The summed E-state index contributed by atoms with van der Waals surface area (Å²) in [4.78, 5) is 3.19. The highest BCUT2D eigenvalue weighted by Gasteiger charge is 2.28. The molecule has 1 aromatic carbocycles. The Morgan fingerprint density at radius 3 is 1.28 bits per heavy atom. The quantitative estimate of drug-likeness (QED) is 0.710. The first-order valence-corrected chi connectivity index (χ1v) is 12.1. The van der Waals surface area contributed by atoms with Crippen LogP contribution in [0.5, 0.6) is 0 Å². The van der Waals surface area contributed by atoms with Gasteiger partial charge in [0.25, 0.3) is 0 Å². The summed E-state index contributed by atoms with van der Waals surface area (Å²) in [5, 5.41) is 0. The Hall–Kier alpha value is -0.0800. The van der Waals surface area contributed by atoms with Gasteiger partial charge in [0.2, 0.25) is 0 Å². The van der Waals surface area contributed by atoms with E-state index in [0.717, 1.165) is 0 Å². The van der Waals surface area contributed by atoms with Gasteiger partial charge in [-0.05, 0) is 70.4 Å². The van der Waals surface area contributed by atoms with Crippen LogP contribution in [0.4, 0.5) is 0 Å². The number of rotatable bonds is 2. The van der Waals surface area contributed by atoms with Crippen molar-refractivity contribution in [1.29, 1.82) is 0 Å². The van der Waals surface area contributed by atoms with Crippen molar-refractivity contribution in [1.82, 2.24) is 0 Å². The predicted molar refractivity (Wildman–Crippen MR) is 92.4 cm³/mol. The van der Waals surface area contributed by atoms with Gasteiger partial charge >= 0.3 is 0 Å². The zero-order valence-electron chi connectivity index (χ0n) is 13.5. The molecule has 0 N–H and O–H groups in total. The third-order valence-electron chi connectivity index (χ3n) is 3.06. The minimum absolute atomic E-state index is 0.229. The van der Waals surface area contributed by atoms with Crippen molar-refractivity contribution >= 4 is 20.1 Å². The summed E-state index contributed by atoms with van der Waals surface area (Å²) in [6.45, 7) is 7.06. The van der Waals surface area contributed by atoms with E-state index < -0.39 is 20.1 Å². The third kappa shape index (κ3) is 3.48. The van der Waals surface area contributed by atoms with E-state index in [2.05, 4.69) is 76.5 Å².